The molecular weight excluding hydrogens is 333 g/mol. The molecular formula is C17H17BrFNO. The third-order valence-corrected chi connectivity index (χ3v) is 3.59. The van der Waals surface area contributed by atoms with E-state index in [2.05, 4.69) is 21.2 Å². The van der Waals surface area contributed by atoms with Gasteiger partial charge in [-0.15, -0.1) is 0 Å². The number of nitrogens with one attached hydrogen (secondary N) is 1. The van der Waals surface area contributed by atoms with Crippen molar-refractivity contribution in [1.82, 2.24) is 5.32 Å². The fourth-order valence-corrected chi connectivity index (χ4v) is 2.81. The maximum Gasteiger partial charge on any atom is 0.251 e. The van der Waals surface area contributed by atoms with Crippen LogP contribution in [-0.4, -0.2) is 11.9 Å². The first-order valence-corrected chi connectivity index (χ1v) is 7.56. The van der Waals surface area contributed by atoms with Gasteiger partial charge < -0.3 is 5.32 Å². The van der Waals surface area contributed by atoms with Crippen molar-refractivity contribution in [3.63, 3.8) is 0 Å². The highest BCUT2D eigenvalue weighted by Gasteiger charge is 2.11. The number of benzene rings is 2. The summed E-state index contributed by atoms with van der Waals surface area (Å²) in [4.78, 5) is 12.2. The molecule has 21 heavy (non-hydrogen) atoms. The molecule has 4 heteroatoms. The Morgan fingerprint density at radius 1 is 1.24 bits per heavy atom. The summed E-state index contributed by atoms with van der Waals surface area (Å²) in [5, 5.41) is 2.96. The zero-order chi connectivity index (χ0) is 15.4. The molecule has 0 saturated carbocycles. The first-order valence-electron chi connectivity index (χ1n) is 6.76. The van der Waals surface area contributed by atoms with E-state index in [4.69, 9.17) is 0 Å². The lowest BCUT2D eigenvalue weighted by molar-refractivity contribution is 0.0940. The van der Waals surface area contributed by atoms with Gasteiger partial charge in [0.1, 0.15) is 5.82 Å². The molecule has 1 unspecified atom stereocenters. The third kappa shape index (κ3) is 4.67. The Morgan fingerprint density at radius 2 is 1.90 bits per heavy atom. The number of hydrogen-bond acceptors (Lipinski definition) is 1. The van der Waals surface area contributed by atoms with Gasteiger partial charge in [-0.3, -0.25) is 4.79 Å². The molecule has 2 aromatic rings. The smallest absolute Gasteiger partial charge is 0.251 e. The number of carbonyl (C=O) groups excluding carboxylic acids is 1. The summed E-state index contributed by atoms with van der Waals surface area (Å²) >= 11 is 3.39. The molecule has 0 aliphatic rings. The van der Waals surface area contributed by atoms with Crippen molar-refractivity contribution < 1.29 is 9.18 Å². The van der Waals surface area contributed by atoms with Crippen LogP contribution in [0.2, 0.25) is 0 Å². The van der Waals surface area contributed by atoms with Crippen LogP contribution in [-0.2, 0) is 6.42 Å². The van der Waals surface area contributed by atoms with E-state index in [0.717, 1.165) is 15.6 Å². The van der Waals surface area contributed by atoms with Gasteiger partial charge in [0.2, 0.25) is 0 Å². The fraction of sp³-hybridized carbons (Fsp3) is 0.235. The van der Waals surface area contributed by atoms with E-state index < -0.39 is 0 Å². The topological polar surface area (TPSA) is 29.1 Å². The van der Waals surface area contributed by atoms with Gasteiger partial charge in [0.15, 0.2) is 0 Å². The second-order valence-corrected chi connectivity index (χ2v) is 6.14. The van der Waals surface area contributed by atoms with Crippen LogP contribution in [0.5, 0.6) is 0 Å². The molecule has 0 bridgehead atoms. The maximum atomic E-state index is 12.9. The minimum absolute atomic E-state index is 0.0257. The number of hydrogen-bond donors (Lipinski definition) is 1. The summed E-state index contributed by atoms with van der Waals surface area (Å²) in [5.41, 5.74) is 2.66. The van der Waals surface area contributed by atoms with Crippen molar-refractivity contribution in [3.05, 3.63) is 69.4 Å². The molecule has 1 amide bonds. The quantitative estimate of drug-likeness (QED) is 0.877. The lowest BCUT2D eigenvalue weighted by Gasteiger charge is -2.14. The molecule has 1 N–H and O–H groups in total. The standard InChI is InChI=1S/C17H17BrFNO/c1-11-7-14(10-15(18)8-11)17(21)20-12(2)9-13-3-5-16(19)6-4-13/h3-8,10,12H,9H2,1-2H3,(H,20,21). The van der Waals surface area contributed by atoms with E-state index >= 15 is 0 Å². The van der Waals surface area contributed by atoms with Gasteiger partial charge in [0.25, 0.3) is 5.91 Å². The van der Waals surface area contributed by atoms with Crippen LogP contribution in [0, 0.1) is 12.7 Å². The van der Waals surface area contributed by atoms with Crippen molar-refractivity contribution in [2.75, 3.05) is 0 Å². The maximum absolute atomic E-state index is 12.9. The third-order valence-electron chi connectivity index (χ3n) is 3.14. The SMILES string of the molecule is Cc1cc(Br)cc(C(=O)NC(C)Cc2ccc(F)cc2)c1. The van der Waals surface area contributed by atoms with Gasteiger partial charge >= 0.3 is 0 Å². The number of halogens is 2. The van der Waals surface area contributed by atoms with E-state index in [0.29, 0.717) is 12.0 Å². The number of rotatable bonds is 4. The molecule has 110 valence electrons. The summed E-state index contributed by atoms with van der Waals surface area (Å²) in [5.74, 6) is -0.353. The van der Waals surface area contributed by atoms with Crippen molar-refractivity contribution in [2.45, 2.75) is 26.3 Å². The lowest BCUT2D eigenvalue weighted by Crippen LogP contribution is -2.34. The molecule has 0 spiro atoms. The van der Waals surface area contributed by atoms with Crippen molar-refractivity contribution in [3.8, 4) is 0 Å². The molecule has 0 saturated heterocycles. The Morgan fingerprint density at radius 3 is 2.52 bits per heavy atom. The Kier molecular flexibility index (Phi) is 5.12. The average molecular weight is 350 g/mol. The highest BCUT2D eigenvalue weighted by atomic mass is 79.9. The summed E-state index contributed by atoms with van der Waals surface area (Å²) < 4.78 is 13.7. The molecule has 0 fully saturated rings. The first kappa shape index (κ1) is 15.7. The van der Waals surface area contributed by atoms with Crippen molar-refractivity contribution in [2.24, 2.45) is 0 Å². The van der Waals surface area contributed by atoms with E-state index in [1.165, 1.54) is 12.1 Å². The number of carbonyl (C=O) groups is 1. The Bertz CT molecular complexity index is 619. The minimum Gasteiger partial charge on any atom is -0.349 e. The van der Waals surface area contributed by atoms with Gasteiger partial charge in [-0.2, -0.15) is 0 Å². The predicted molar refractivity (Wildman–Crippen MR) is 85.9 cm³/mol. The molecule has 0 aromatic heterocycles. The molecule has 2 aromatic carbocycles. The van der Waals surface area contributed by atoms with Crippen LogP contribution in [0.3, 0.4) is 0 Å². The number of amides is 1. The van der Waals surface area contributed by atoms with Crippen LogP contribution in [0.4, 0.5) is 4.39 Å². The summed E-state index contributed by atoms with van der Waals surface area (Å²) in [6.07, 6.45) is 0.666. The van der Waals surface area contributed by atoms with Crippen LogP contribution in [0.15, 0.2) is 46.9 Å². The van der Waals surface area contributed by atoms with Crippen LogP contribution >= 0.6 is 15.9 Å². The zero-order valence-corrected chi connectivity index (χ0v) is 13.6. The molecule has 0 heterocycles. The van der Waals surface area contributed by atoms with E-state index in [-0.39, 0.29) is 17.8 Å². The van der Waals surface area contributed by atoms with Crippen LogP contribution in [0.1, 0.15) is 28.4 Å². The molecule has 2 nitrogen and oxygen atoms in total. The highest BCUT2D eigenvalue weighted by Crippen LogP contribution is 2.15. The second kappa shape index (κ2) is 6.85. The Labute approximate surface area is 132 Å². The van der Waals surface area contributed by atoms with E-state index in [1.807, 2.05) is 26.0 Å². The Balaban J connectivity index is 2.00. The van der Waals surface area contributed by atoms with Crippen LogP contribution in [0.25, 0.3) is 0 Å². The van der Waals surface area contributed by atoms with Gasteiger partial charge in [0, 0.05) is 16.1 Å². The monoisotopic (exact) mass is 349 g/mol. The molecule has 1 atom stereocenters. The van der Waals surface area contributed by atoms with Gasteiger partial charge in [0.05, 0.1) is 0 Å². The summed E-state index contributed by atoms with van der Waals surface area (Å²) in [7, 11) is 0. The lowest BCUT2D eigenvalue weighted by atomic mass is 10.1. The number of aryl methyl sites for hydroxylation is 1. The summed E-state index contributed by atoms with van der Waals surface area (Å²) in [6, 6.07) is 11.9. The van der Waals surface area contributed by atoms with Crippen molar-refractivity contribution >= 4 is 21.8 Å². The molecule has 0 radical (unpaired) electrons. The van der Waals surface area contributed by atoms with Gasteiger partial charge in [-0.25, -0.2) is 4.39 Å². The van der Waals surface area contributed by atoms with Crippen LogP contribution < -0.4 is 5.32 Å². The van der Waals surface area contributed by atoms with Gasteiger partial charge in [-0.05, 0) is 61.7 Å². The highest BCUT2D eigenvalue weighted by molar-refractivity contribution is 9.10. The largest absolute Gasteiger partial charge is 0.349 e. The molecule has 2 rings (SSSR count). The first-order chi connectivity index (χ1) is 9.94. The molecule has 0 aliphatic heterocycles. The van der Waals surface area contributed by atoms with E-state index in [1.54, 1.807) is 18.2 Å². The normalized spacial score (nSPS) is 12.0. The minimum atomic E-state index is -0.250. The second-order valence-electron chi connectivity index (χ2n) is 5.22. The van der Waals surface area contributed by atoms with Crippen molar-refractivity contribution in [1.29, 1.82) is 0 Å². The predicted octanol–water partition coefficient (Wildman–Crippen LogP) is 4.26. The Hall–Kier alpha value is -1.68. The zero-order valence-electron chi connectivity index (χ0n) is 12.0. The average Bonchev–Trinajstić information content (AvgIpc) is 2.40. The summed E-state index contributed by atoms with van der Waals surface area (Å²) in [6.45, 7) is 3.88. The van der Waals surface area contributed by atoms with E-state index in [9.17, 15) is 9.18 Å². The molecule has 0 aliphatic carbocycles. The fourth-order valence-electron chi connectivity index (χ4n) is 2.20. The van der Waals surface area contributed by atoms with Gasteiger partial charge in [-0.1, -0.05) is 28.1 Å².